The Balaban J connectivity index is 1.61. The van der Waals surface area contributed by atoms with Gasteiger partial charge < -0.3 is 28.1 Å². The smallest absolute Gasteiger partial charge is 0.400 e. The van der Waals surface area contributed by atoms with Gasteiger partial charge in [-0.05, 0) is 114 Å². The molecule has 6 rings (SSSR count). The molecular formula is C35H46B2O6. The van der Waals surface area contributed by atoms with E-state index in [1.807, 2.05) is 12.1 Å². The Kier molecular flexibility index (Phi) is 8.11. The van der Waals surface area contributed by atoms with E-state index in [2.05, 4.69) is 104 Å². The first kappa shape index (κ1) is 30.8. The molecule has 3 fully saturated rings. The Morgan fingerprint density at radius 1 is 0.651 bits per heavy atom. The summed E-state index contributed by atoms with van der Waals surface area (Å²) in [5.74, 6) is 0. The average molecular weight is 584 g/mol. The minimum Gasteiger partial charge on any atom is -0.400 e. The van der Waals surface area contributed by atoms with Gasteiger partial charge in [0.2, 0.25) is 0 Å². The normalized spacial score (nSPS) is 28.1. The fourth-order valence-electron chi connectivity index (χ4n) is 6.31. The zero-order chi connectivity index (χ0) is 30.6. The highest BCUT2D eigenvalue weighted by atomic mass is 16.7. The summed E-state index contributed by atoms with van der Waals surface area (Å²) in [6, 6.07) is 21.0. The van der Waals surface area contributed by atoms with Gasteiger partial charge in [0, 0.05) is 6.61 Å². The average Bonchev–Trinajstić information content (AvgIpc) is 3.33. The van der Waals surface area contributed by atoms with Crippen LogP contribution in [0.4, 0.5) is 0 Å². The largest absolute Gasteiger partial charge is 0.495 e. The van der Waals surface area contributed by atoms with Crippen LogP contribution >= 0.6 is 0 Å². The van der Waals surface area contributed by atoms with Gasteiger partial charge in [-0.25, -0.2) is 0 Å². The molecule has 2 atom stereocenters. The van der Waals surface area contributed by atoms with Gasteiger partial charge in [-0.2, -0.15) is 0 Å². The third kappa shape index (κ3) is 5.71. The zero-order valence-electron chi connectivity index (χ0n) is 27.1. The Labute approximate surface area is 258 Å². The summed E-state index contributed by atoms with van der Waals surface area (Å²) in [6.45, 7) is 17.5. The van der Waals surface area contributed by atoms with E-state index in [-0.39, 0.29) is 12.4 Å². The Hall–Kier alpha value is -2.19. The summed E-state index contributed by atoms with van der Waals surface area (Å²) >= 11 is 0. The topological polar surface area (TPSA) is 55.4 Å². The van der Waals surface area contributed by atoms with Crippen LogP contribution in [0.15, 0.2) is 71.6 Å². The van der Waals surface area contributed by atoms with Crippen LogP contribution in [-0.4, -0.2) is 55.6 Å². The molecule has 2 aromatic carbocycles. The highest BCUT2D eigenvalue weighted by Gasteiger charge is 2.58. The molecule has 3 heterocycles. The second-order valence-corrected chi connectivity index (χ2v) is 14.3. The maximum absolute atomic E-state index is 6.93. The van der Waals surface area contributed by atoms with Crippen molar-refractivity contribution in [3.8, 4) is 0 Å². The number of hydrogen-bond donors (Lipinski definition) is 0. The number of allylic oxidation sites excluding steroid dienone is 2. The molecule has 0 bridgehead atoms. The molecule has 3 saturated heterocycles. The molecule has 0 spiro atoms. The molecule has 8 heteroatoms. The Morgan fingerprint density at radius 2 is 1.16 bits per heavy atom. The lowest BCUT2D eigenvalue weighted by molar-refractivity contribution is -0.175. The Morgan fingerprint density at radius 3 is 1.67 bits per heavy atom. The number of ether oxygens (including phenoxy) is 2. The first-order chi connectivity index (χ1) is 20.3. The molecule has 0 amide bonds. The predicted molar refractivity (Wildman–Crippen MR) is 172 cm³/mol. The quantitative estimate of drug-likeness (QED) is 0.329. The van der Waals surface area contributed by atoms with Crippen LogP contribution in [0.2, 0.25) is 0 Å². The standard InChI is InChI=1S/C35H46B2O6/c1-32(2)33(3,4)41-36(40-32)26-23-27(39-28-21-15-16-22-38-28)30(25-19-13-10-14-20-25)31(29(26)24-17-11-9-12-18-24)37-42-34(5,6)35(7,8)43-37/h9-14,17-20,27-28H,15-16,21-23H2,1-8H3/t27-,28?/m1/s1. The van der Waals surface area contributed by atoms with E-state index in [1.54, 1.807) is 0 Å². The maximum Gasteiger partial charge on any atom is 0.495 e. The van der Waals surface area contributed by atoms with Crippen LogP contribution in [0, 0.1) is 0 Å². The molecule has 2 aromatic rings. The van der Waals surface area contributed by atoms with Gasteiger partial charge in [0.05, 0.1) is 28.5 Å². The molecule has 0 aromatic heterocycles. The molecule has 4 aliphatic rings. The molecule has 1 unspecified atom stereocenters. The predicted octanol–water partition coefficient (Wildman–Crippen LogP) is 7.47. The van der Waals surface area contributed by atoms with Crippen LogP contribution < -0.4 is 0 Å². The fraction of sp³-hybridized carbons (Fsp3) is 0.543. The first-order valence-corrected chi connectivity index (χ1v) is 15.9. The highest BCUT2D eigenvalue weighted by Crippen LogP contribution is 2.51. The van der Waals surface area contributed by atoms with Crippen LogP contribution in [0.25, 0.3) is 11.1 Å². The first-order valence-electron chi connectivity index (χ1n) is 15.9. The second kappa shape index (κ2) is 11.3. The molecular weight excluding hydrogens is 538 g/mol. The van der Waals surface area contributed by atoms with Gasteiger partial charge in [0.15, 0.2) is 6.29 Å². The van der Waals surface area contributed by atoms with Crippen molar-refractivity contribution in [2.24, 2.45) is 0 Å². The van der Waals surface area contributed by atoms with Crippen molar-refractivity contribution < 1.29 is 28.1 Å². The van der Waals surface area contributed by atoms with E-state index in [0.29, 0.717) is 13.0 Å². The minimum atomic E-state index is -0.633. The van der Waals surface area contributed by atoms with Crippen molar-refractivity contribution in [1.82, 2.24) is 0 Å². The van der Waals surface area contributed by atoms with Gasteiger partial charge in [0.1, 0.15) is 0 Å². The van der Waals surface area contributed by atoms with Crippen molar-refractivity contribution >= 4 is 25.4 Å². The molecule has 0 radical (unpaired) electrons. The molecule has 0 N–H and O–H groups in total. The summed E-state index contributed by atoms with van der Waals surface area (Å²) < 4.78 is 40.3. The third-order valence-electron chi connectivity index (χ3n) is 10.2. The van der Waals surface area contributed by atoms with Crippen LogP contribution in [0.1, 0.15) is 92.2 Å². The van der Waals surface area contributed by atoms with E-state index >= 15 is 0 Å². The van der Waals surface area contributed by atoms with Crippen molar-refractivity contribution in [2.75, 3.05) is 6.61 Å². The van der Waals surface area contributed by atoms with Crippen LogP contribution in [-0.2, 0) is 28.1 Å². The number of hydrogen-bond acceptors (Lipinski definition) is 6. The summed E-state index contributed by atoms with van der Waals surface area (Å²) in [5.41, 5.74) is 4.20. The lowest BCUT2D eigenvalue weighted by Crippen LogP contribution is -2.41. The summed E-state index contributed by atoms with van der Waals surface area (Å²) in [7, 11) is -1.19. The molecule has 1 aliphatic carbocycles. The van der Waals surface area contributed by atoms with Crippen molar-refractivity contribution in [1.29, 1.82) is 0 Å². The van der Waals surface area contributed by atoms with E-state index in [9.17, 15) is 0 Å². The number of benzene rings is 2. The summed E-state index contributed by atoms with van der Waals surface area (Å²) in [6.07, 6.45) is 3.00. The van der Waals surface area contributed by atoms with Crippen molar-refractivity contribution in [2.45, 2.75) is 116 Å². The molecule has 43 heavy (non-hydrogen) atoms. The van der Waals surface area contributed by atoms with E-state index in [4.69, 9.17) is 28.1 Å². The molecule has 228 valence electrons. The van der Waals surface area contributed by atoms with Crippen LogP contribution in [0.5, 0.6) is 0 Å². The molecule has 3 aliphatic heterocycles. The van der Waals surface area contributed by atoms with Crippen LogP contribution in [0.3, 0.4) is 0 Å². The third-order valence-corrected chi connectivity index (χ3v) is 10.2. The van der Waals surface area contributed by atoms with Gasteiger partial charge in [0.25, 0.3) is 0 Å². The monoisotopic (exact) mass is 584 g/mol. The minimum absolute atomic E-state index is 0.283. The lowest BCUT2D eigenvalue weighted by atomic mass is 9.57. The van der Waals surface area contributed by atoms with E-state index in [1.165, 1.54) is 0 Å². The molecule has 6 nitrogen and oxygen atoms in total. The summed E-state index contributed by atoms with van der Waals surface area (Å²) in [4.78, 5) is 0. The SMILES string of the molecule is CC1(C)OB(C2=C(c3ccccc3)C(B3OC(C)(C)C(C)(C)O3)=C(c3ccccc3)[C@H](OC3CCCCO3)C2)OC1(C)C. The van der Waals surface area contributed by atoms with Gasteiger partial charge in [-0.3, -0.25) is 0 Å². The maximum atomic E-state index is 6.93. The van der Waals surface area contributed by atoms with E-state index in [0.717, 1.165) is 52.5 Å². The lowest BCUT2D eigenvalue weighted by Gasteiger charge is -2.37. The number of rotatable bonds is 6. The van der Waals surface area contributed by atoms with Gasteiger partial charge >= 0.3 is 14.2 Å². The second-order valence-electron chi connectivity index (χ2n) is 14.3. The highest BCUT2D eigenvalue weighted by molar-refractivity contribution is 6.64. The zero-order valence-corrected chi connectivity index (χ0v) is 27.1. The molecule has 0 saturated carbocycles. The summed E-state index contributed by atoms with van der Waals surface area (Å²) in [5, 5.41) is 0. The van der Waals surface area contributed by atoms with Gasteiger partial charge in [-0.15, -0.1) is 0 Å². The van der Waals surface area contributed by atoms with Crippen molar-refractivity contribution in [3.05, 3.63) is 82.7 Å². The van der Waals surface area contributed by atoms with E-state index < -0.39 is 36.6 Å². The van der Waals surface area contributed by atoms with Crippen molar-refractivity contribution in [3.63, 3.8) is 0 Å². The van der Waals surface area contributed by atoms with Gasteiger partial charge in [-0.1, -0.05) is 60.7 Å². The Bertz CT molecular complexity index is 1340. The fourth-order valence-corrected chi connectivity index (χ4v) is 6.31.